The lowest BCUT2D eigenvalue weighted by atomic mass is 9.93. The van der Waals surface area contributed by atoms with E-state index in [1.807, 2.05) is 103 Å². The average molecular weight is 598 g/mol. The molecular formula is C37H47N3O4. The van der Waals surface area contributed by atoms with Gasteiger partial charge in [0, 0.05) is 47.7 Å². The van der Waals surface area contributed by atoms with Gasteiger partial charge in [0.25, 0.3) is 5.91 Å². The Hall–Kier alpha value is -3.71. The van der Waals surface area contributed by atoms with Gasteiger partial charge in [-0.3, -0.25) is 9.78 Å². The third-order valence-electron chi connectivity index (χ3n) is 8.65. The van der Waals surface area contributed by atoms with E-state index < -0.39 is 17.7 Å². The second-order valence-corrected chi connectivity index (χ2v) is 13.6. The molecule has 5 rings (SSSR count). The molecule has 0 bridgehead atoms. The van der Waals surface area contributed by atoms with Gasteiger partial charge >= 0.3 is 5.97 Å². The highest BCUT2D eigenvalue weighted by Crippen LogP contribution is 2.47. The number of nitrogens with zero attached hydrogens (tertiary/aromatic N) is 2. The summed E-state index contributed by atoms with van der Waals surface area (Å²) in [6.45, 7) is 15.9. The van der Waals surface area contributed by atoms with Crippen LogP contribution in [0.2, 0.25) is 0 Å². The van der Waals surface area contributed by atoms with Gasteiger partial charge in [0.15, 0.2) is 6.10 Å². The molecule has 0 radical (unpaired) electrons. The Morgan fingerprint density at radius 3 is 2.18 bits per heavy atom. The molecule has 234 valence electrons. The zero-order chi connectivity index (χ0) is 31.6. The molecule has 7 heteroatoms. The maximum atomic E-state index is 13.7. The summed E-state index contributed by atoms with van der Waals surface area (Å²) >= 11 is 0. The number of nitrogens with one attached hydrogen (secondary N) is 1. The van der Waals surface area contributed by atoms with Crippen molar-refractivity contribution in [2.75, 3.05) is 18.0 Å². The van der Waals surface area contributed by atoms with Gasteiger partial charge in [0.05, 0.1) is 17.4 Å². The molecule has 2 fully saturated rings. The zero-order valence-electron chi connectivity index (χ0n) is 27.3. The van der Waals surface area contributed by atoms with E-state index in [0.29, 0.717) is 23.9 Å². The van der Waals surface area contributed by atoms with Crippen LogP contribution in [-0.2, 0) is 20.8 Å². The number of aryl methyl sites for hydroxylation is 2. The third kappa shape index (κ3) is 7.15. The number of esters is 1. The maximum absolute atomic E-state index is 13.7. The van der Waals surface area contributed by atoms with Crippen molar-refractivity contribution >= 4 is 17.6 Å². The van der Waals surface area contributed by atoms with Gasteiger partial charge in [-0.2, -0.15) is 0 Å². The van der Waals surface area contributed by atoms with Crippen molar-refractivity contribution < 1.29 is 19.1 Å². The first kappa shape index (κ1) is 31.7. The van der Waals surface area contributed by atoms with Crippen LogP contribution in [0.1, 0.15) is 92.9 Å². The summed E-state index contributed by atoms with van der Waals surface area (Å²) in [6, 6.07) is 17.6. The highest BCUT2D eigenvalue weighted by molar-refractivity contribution is 5.95. The van der Waals surface area contributed by atoms with E-state index in [2.05, 4.69) is 10.2 Å². The molecule has 1 saturated heterocycles. The fraction of sp³-hybridized carbons (Fsp3) is 0.486. The minimum absolute atomic E-state index is 0.123. The Balaban J connectivity index is 1.57. The molecule has 3 atom stereocenters. The molecule has 1 aliphatic heterocycles. The number of rotatable bonds is 9. The minimum Gasteiger partial charge on any atom is -0.461 e. The smallest absolute Gasteiger partial charge is 0.340 e. The summed E-state index contributed by atoms with van der Waals surface area (Å²) in [7, 11) is 0. The Kier molecular flexibility index (Phi) is 9.45. The average Bonchev–Trinajstić information content (AvgIpc) is 3.57. The lowest BCUT2D eigenvalue weighted by Gasteiger charge is -2.33. The Labute approximate surface area is 262 Å². The van der Waals surface area contributed by atoms with Crippen molar-refractivity contribution in [3.63, 3.8) is 0 Å². The van der Waals surface area contributed by atoms with E-state index in [-0.39, 0.29) is 12.0 Å². The highest BCUT2D eigenvalue weighted by Gasteiger charge is 2.41. The summed E-state index contributed by atoms with van der Waals surface area (Å²) in [6.07, 6.45) is 2.55. The molecule has 7 nitrogen and oxygen atoms in total. The molecule has 1 saturated carbocycles. The van der Waals surface area contributed by atoms with Gasteiger partial charge in [-0.05, 0) is 96.4 Å². The van der Waals surface area contributed by atoms with E-state index in [4.69, 9.17) is 14.5 Å². The first-order chi connectivity index (χ1) is 20.9. The van der Waals surface area contributed by atoms with Gasteiger partial charge in [-0.15, -0.1) is 0 Å². The largest absolute Gasteiger partial charge is 0.461 e. The van der Waals surface area contributed by atoms with Crippen LogP contribution >= 0.6 is 0 Å². The van der Waals surface area contributed by atoms with Crippen LogP contribution in [0, 0.1) is 25.7 Å². The topological polar surface area (TPSA) is 80.8 Å². The van der Waals surface area contributed by atoms with Crippen molar-refractivity contribution in [2.24, 2.45) is 11.8 Å². The maximum Gasteiger partial charge on any atom is 0.340 e. The number of pyridine rings is 1. The molecule has 1 aliphatic carbocycles. The summed E-state index contributed by atoms with van der Waals surface area (Å²) < 4.78 is 12.3. The molecular weight excluding hydrogens is 550 g/mol. The van der Waals surface area contributed by atoms with Gasteiger partial charge in [-0.1, -0.05) is 48.9 Å². The van der Waals surface area contributed by atoms with Gasteiger partial charge < -0.3 is 19.7 Å². The van der Waals surface area contributed by atoms with Crippen molar-refractivity contribution in [1.82, 2.24) is 10.3 Å². The van der Waals surface area contributed by atoms with Crippen molar-refractivity contribution in [3.05, 3.63) is 82.7 Å². The number of benzene rings is 2. The summed E-state index contributed by atoms with van der Waals surface area (Å²) in [4.78, 5) is 34.2. The summed E-state index contributed by atoms with van der Waals surface area (Å²) in [5.74, 6) is 0.762. The molecule has 1 amide bonds. The highest BCUT2D eigenvalue weighted by atomic mass is 16.6. The molecule has 3 unspecified atom stereocenters. The van der Waals surface area contributed by atoms with Crippen LogP contribution in [0.15, 0.2) is 54.6 Å². The van der Waals surface area contributed by atoms with E-state index in [1.54, 1.807) is 0 Å². The van der Waals surface area contributed by atoms with Crippen molar-refractivity contribution in [2.45, 2.75) is 92.1 Å². The third-order valence-corrected chi connectivity index (χ3v) is 8.65. The predicted octanol–water partition coefficient (Wildman–Crippen LogP) is 7.34. The quantitative estimate of drug-likeness (QED) is 0.260. The van der Waals surface area contributed by atoms with Crippen LogP contribution in [0.25, 0.3) is 11.1 Å². The second-order valence-electron chi connectivity index (χ2n) is 13.6. The SMILES string of the molecule is Cc1nc(C)c(C(OC(C)(C)C)C(=O)OC(C)C)c(N2CC3CCCC3C2)c1-c1ccc(C(=O)NCc2ccccc2)cc1. The lowest BCUT2D eigenvalue weighted by molar-refractivity contribution is -0.171. The lowest BCUT2D eigenvalue weighted by Crippen LogP contribution is -2.33. The Morgan fingerprint density at radius 1 is 0.955 bits per heavy atom. The van der Waals surface area contributed by atoms with E-state index >= 15 is 0 Å². The van der Waals surface area contributed by atoms with Crippen LogP contribution in [0.5, 0.6) is 0 Å². The molecule has 2 aliphatic rings. The van der Waals surface area contributed by atoms with E-state index in [1.165, 1.54) is 19.3 Å². The first-order valence-electron chi connectivity index (χ1n) is 16.0. The Bertz CT molecular complexity index is 1470. The van der Waals surface area contributed by atoms with Crippen molar-refractivity contribution in [3.8, 4) is 11.1 Å². The summed E-state index contributed by atoms with van der Waals surface area (Å²) in [5, 5.41) is 3.02. The van der Waals surface area contributed by atoms with Gasteiger partial charge in [0.2, 0.25) is 0 Å². The van der Waals surface area contributed by atoms with Crippen LogP contribution in [-0.4, -0.2) is 41.7 Å². The number of anilines is 1. The fourth-order valence-electron chi connectivity index (χ4n) is 6.79. The van der Waals surface area contributed by atoms with Crippen LogP contribution < -0.4 is 10.2 Å². The van der Waals surface area contributed by atoms with Gasteiger partial charge in [-0.25, -0.2) is 4.79 Å². The van der Waals surface area contributed by atoms with Gasteiger partial charge in [0.1, 0.15) is 0 Å². The number of hydrogen-bond acceptors (Lipinski definition) is 6. The van der Waals surface area contributed by atoms with Crippen molar-refractivity contribution in [1.29, 1.82) is 0 Å². The van der Waals surface area contributed by atoms with Crippen LogP contribution in [0.4, 0.5) is 5.69 Å². The number of amides is 1. The first-order valence-corrected chi connectivity index (χ1v) is 16.0. The second kappa shape index (κ2) is 13.1. The van der Waals surface area contributed by atoms with E-state index in [9.17, 15) is 9.59 Å². The molecule has 0 spiro atoms. The molecule has 44 heavy (non-hydrogen) atoms. The number of fused-ring (bicyclic) bond motifs is 1. The number of hydrogen-bond donors (Lipinski definition) is 1. The van der Waals surface area contributed by atoms with E-state index in [0.717, 1.165) is 52.4 Å². The Morgan fingerprint density at radius 2 is 1.59 bits per heavy atom. The fourth-order valence-corrected chi connectivity index (χ4v) is 6.79. The predicted molar refractivity (Wildman–Crippen MR) is 175 cm³/mol. The summed E-state index contributed by atoms with van der Waals surface area (Å²) in [5.41, 5.74) is 6.40. The van der Waals surface area contributed by atoms with Crippen LogP contribution in [0.3, 0.4) is 0 Å². The number of carbonyl (C=O) groups is 2. The zero-order valence-corrected chi connectivity index (χ0v) is 27.3. The monoisotopic (exact) mass is 597 g/mol. The molecule has 3 aromatic rings. The molecule has 1 N–H and O–H groups in total. The number of carbonyl (C=O) groups excluding carboxylic acids is 2. The standard InChI is InChI=1S/C37H47N3O4/c1-23(2)43-36(42)34(44-37(5,6)7)32-25(4)39-24(3)31(33(32)40-21-29-14-11-15-30(29)22-40)27-16-18-28(19-17-27)35(41)38-20-26-12-9-8-10-13-26/h8-10,12-13,16-19,23,29-30,34H,11,14-15,20-22H2,1-7H3,(H,38,41). The molecule has 1 aromatic heterocycles. The number of ether oxygens (including phenoxy) is 2. The number of aromatic nitrogens is 1. The normalized spacial score (nSPS) is 18.8. The molecule has 2 heterocycles. The molecule has 2 aromatic carbocycles. The minimum atomic E-state index is -0.928.